The minimum Gasteiger partial charge on any atom is -0.294 e. The van der Waals surface area contributed by atoms with Crippen molar-refractivity contribution in [2.24, 2.45) is 0 Å². The van der Waals surface area contributed by atoms with Gasteiger partial charge in [0, 0.05) is 5.56 Å². The Labute approximate surface area is 81.5 Å². The highest BCUT2D eigenvalue weighted by molar-refractivity contribution is 6.31. The van der Waals surface area contributed by atoms with E-state index >= 15 is 0 Å². The van der Waals surface area contributed by atoms with Gasteiger partial charge in [-0.15, -0.1) is 0 Å². The number of benzene rings is 1. The molecule has 0 saturated heterocycles. The smallest absolute Gasteiger partial charge is 0.160 e. The summed E-state index contributed by atoms with van der Waals surface area (Å²) in [6.45, 7) is 3.21. The molecule has 0 radical (unpaired) electrons. The lowest BCUT2D eigenvalue weighted by atomic mass is 10.0. The van der Waals surface area contributed by atoms with E-state index in [1.807, 2.05) is 0 Å². The third-order valence-electron chi connectivity index (χ3n) is 1.93. The van der Waals surface area contributed by atoms with Crippen LogP contribution < -0.4 is 0 Å². The van der Waals surface area contributed by atoms with E-state index in [1.54, 1.807) is 13.0 Å². The molecule has 0 aliphatic carbocycles. The monoisotopic (exact) mass is 200 g/mol. The molecule has 0 bridgehead atoms. The second kappa shape index (κ2) is 3.88. The van der Waals surface area contributed by atoms with Gasteiger partial charge in [0.2, 0.25) is 0 Å². The first-order valence-corrected chi connectivity index (χ1v) is 4.43. The van der Waals surface area contributed by atoms with E-state index in [4.69, 9.17) is 11.6 Å². The van der Waals surface area contributed by atoms with Crippen molar-refractivity contribution in [3.05, 3.63) is 34.1 Å². The van der Waals surface area contributed by atoms with E-state index in [0.717, 1.165) is 0 Å². The molecular formula is C10H10ClFO. The van der Waals surface area contributed by atoms with Crippen LogP contribution in [0.5, 0.6) is 0 Å². The van der Waals surface area contributed by atoms with Crippen molar-refractivity contribution in [3.8, 4) is 0 Å². The van der Waals surface area contributed by atoms with Gasteiger partial charge in [-0.25, -0.2) is 4.39 Å². The Morgan fingerprint density at radius 1 is 1.54 bits per heavy atom. The van der Waals surface area contributed by atoms with Gasteiger partial charge in [0.05, 0.1) is 5.02 Å². The first-order valence-electron chi connectivity index (χ1n) is 4.05. The highest BCUT2D eigenvalue weighted by Gasteiger charge is 2.12. The second-order valence-electron chi connectivity index (χ2n) is 2.80. The molecule has 0 amide bonds. The highest BCUT2D eigenvalue weighted by Crippen LogP contribution is 2.22. The molecule has 3 heteroatoms. The summed E-state index contributed by atoms with van der Waals surface area (Å²) >= 11 is 5.58. The van der Waals surface area contributed by atoms with Gasteiger partial charge in [0.25, 0.3) is 0 Å². The Bertz CT molecular complexity index is 347. The number of hydrogen-bond acceptors (Lipinski definition) is 1. The van der Waals surface area contributed by atoms with E-state index in [-0.39, 0.29) is 10.8 Å². The normalized spacial score (nSPS) is 10.2. The number of carbonyl (C=O) groups is 1. The van der Waals surface area contributed by atoms with Crippen molar-refractivity contribution in [1.29, 1.82) is 0 Å². The lowest BCUT2D eigenvalue weighted by molar-refractivity contribution is 0.101. The molecule has 0 unspecified atom stereocenters. The zero-order valence-electron chi connectivity index (χ0n) is 7.53. The largest absolute Gasteiger partial charge is 0.294 e. The zero-order valence-corrected chi connectivity index (χ0v) is 8.28. The SMILES string of the molecule is CCc1c(C(C)=O)ccc(Cl)c1F. The fourth-order valence-corrected chi connectivity index (χ4v) is 1.45. The van der Waals surface area contributed by atoms with Crippen LogP contribution in [0.15, 0.2) is 12.1 Å². The van der Waals surface area contributed by atoms with Gasteiger partial charge in [-0.1, -0.05) is 18.5 Å². The number of ketones is 1. The van der Waals surface area contributed by atoms with Crippen molar-refractivity contribution < 1.29 is 9.18 Å². The molecule has 1 nitrogen and oxygen atoms in total. The maximum Gasteiger partial charge on any atom is 0.160 e. The van der Waals surface area contributed by atoms with Crippen LogP contribution in [0.25, 0.3) is 0 Å². The molecule has 70 valence electrons. The minimum atomic E-state index is -0.475. The van der Waals surface area contributed by atoms with Crippen molar-refractivity contribution in [2.75, 3.05) is 0 Å². The molecule has 1 rings (SSSR count). The molecule has 0 saturated carbocycles. The fraction of sp³-hybridized carbons (Fsp3) is 0.300. The maximum absolute atomic E-state index is 13.3. The topological polar surface area (TPSA) is 17.1 Å². The molecule has 0 aromatic heterocycles. The molecule has 0 N–H and O–H groups in total. The summed E-state index contributed by atoms with van der Waals surface area (Å²) in [7, 11) is 0. The van der Waals surface area contributed by atoms with Gasteiger partial charge >= 0.3 is 0 Å². The number of carbonyl (C=O) groups excluding carboxylic acids is 1. The van der Waals surface area contributed by atoms with Crippen LogP contribution in [0.2, 0.25) is 5.02 Å². The number of halogens is 2. The molecule has 1 aromatic carbocycles. The summed E-state index contributed by atoms with van der Waals surface area (Å²) in [4.78, 5) is 11.1. The Kier molecular flexibility index (Phi) is 3.04. The first-order chi connectivity index (χ1) is 6.07. The van der Waals surface area contributed by atoms with Crippen LogP contribution in [0.1, 0.15) is 29.8 Å². The molecule has 0 spiro atoms. The Morgan fingerprint density at radius 2 is 2.15 bits per heavy atom. The van der Waals surface area contributed by atoms with Gasteiger partial charge in [0.15, 0.2) is 5.78 Å². The average molecular weight is 201 g/mol. The summed E-state index contributed by atoms with van der Waals surface area (Å²) in [5.41, 5.74) is 0.824. The summed E-state index contributed by atoms with van der Waals surface area (Å²) in [5, 5.41) is 0.0712. The van der Waals surface area contributed by atoms with Gasteiger partial charge in [-0.05, 0) is 31.0 Å². The highest BCUT2D eigenvalue weighted by atomic mass is 35.5. The van der Waals surface area contributed by atoms with E-state index in [2.05, 4.69) is 0 Å². The molecule has 0 fully saturated rings. The summed E-state index contributed by atoms with van der Waals surface area (Å²) in [6.07, 6.45) is 0.474. The van der Waals surface area contributed by atoms with Crippen molar-refractivity contribution in [3.63, 3.8) is 0 Å². The second-order valence-corrected chi connectivity index (χ2v) is 3.20. The summed E-state index contributed by atoms with van der Waals surface area (Å²) in [5.74, 6) is -0.607. The van der Waals surface area contributed by atoms with Gasteiger partial charge in [0.1, 0.15) is 5.82 Å². The van der Waals surface area contributed by atoms with Crippen LogP contribution in [0.3, 0.4) is 0 Å². The summed E-state index contributed by atoms with van der Waals surface area (Å²) < 4.78 is 13.3. The van der Waals surface area contributed by atoms with Gasteiger partial charge in [-0.3, -0.25) is 4.79 Å². The van der Waals surface area contributed by atoms with E-state index in [9.17, 15) is 9.18 Å². The lowest BCUT2D eigenvalue weighted by Gasteiger charge is -2.06. The third kappa shape index (κ3) is 1.89. The van der Waals surface area contributed by atoms with E-state index < -0.39 is 5.82 Å². The van der Waals surface area contributed by atoms with Crippen molar-refractivity contribution in [2.45, 2.75) is 20.3 Å². The van der Waals surface area contributed by atoms with Crippen LogP contribution in [0, 0.1) is 5.82 Å². The van der Waals surface area contributed by atoms with Gasteiger partial charge in [-0.2, -0.15) is 0 Å². The molecular weight excluding hydrogens is 191 g/mol. The molecule has 1 aromatic rings. The van der Waals surface area contributed by atoms with E-state index in [1.165, 1.54) is 13.0 Å². The lowest BCUT2D eigenvalue weighted by Crippen LogP contribution is -2.01. The van der Waals surface area contributed by atoms with Crippen LogP contribution in [-0.4, -0.2) is 5.78 Å². The number of rotatable bonds is 2. The maximum atomic E-state index is 13.3. The number of hydrogen-bond donors (Lipinski definition) is 0. The van der Waals surface area contributed by atoms with Crippen molar-refractivity contribution in [1.82, 2.24) is 0 Å². The average Bonchev–Trinajstić information content (AvgIpc) is 2.09. The Balaban J connectivity index is 3.38. The van der Waals surface area contributed by atoms with Crippen molar-refractivity contribution >= 4 is 17.4 Å². The number of Topliss-reactive ketones (excluding diaryl/α,β-unsaturated/α-hetero) is 1. The Hall–Kier alpha value is -0.890. The molecule has 0 atom stereocenters. The fourth-order valence-electron chi connectivity index (χ4n) is 1.27. The van der Waals surface area contributed by atoms with Crippen LogP contribution in [0.4, 0.5) is 4.39 Å². The van der Waals surface area contributed by atoms with E-state index in [0.29, 0.717) is 17.5 Å². The molecule has 0 aliphatic heterocycles. The molecule has 0 heterocycles. The molecule has 0 aliphatic rings. The standard InChI is InChI=1S/C10H10ClFO/c1-3-7-8(6(2)13)4-5-9(11)10(7)12/h4-5H,3H2,1-2H3. The quantitative estimate of drug-likeness (QED) is 0.670. The van der Waals surface area contributed by atoms with Crippen LogP contribution in [-0.2, 0) is 6.42 Å². The summed E-state index contributed by atoms with van der Waals surface area (Å²) in [6, 6.07) is 2.97. The Morgan fingerprint density at radius 3 is 2.62 bits per heavy atom. The predicted octanol–water partition coefficient (Wildman–Crippen LogP) is 3.24. The zero-order chi connectivity index (χ0) is 10.0. The third-order valence-corrected chi connectivity index (χ3v) is 2.22. The molecule has 13 heavy (non-hydrogen) atoms. The predicted molar refractivity (Wildman–Crippen MR) is 50.8 cm³/mol. The van der Waals surface area contributed by atoms with Gasteiger partial charge < -0.3 is 0 Å². The minimum absolute atomic E-state index is 0.0712. The first kappa shape index (κ1) is 10.2. The van der Waals surface area contributed by atoms with Crippen LogP contribution >= 0.6 is 11.6 Å².